The maximum absolute atomic E-state index is 11.6. The molecule has 1 aliphatic carbocycles. The van der Waals surface area contributed by atoms with Crippen molar-refractivity contribution in [3.8, 4) is 0 Å². The third-order valence-electron chi connectivity index (χ3n) is 5.08. The van der Waals surface area contributed by atoms with Crippen LogP contribution in [0.3, 0.4) is 0 Å². The van der Waals surface area contributed by atoms with Gasteiger partial charge in [0, 0.05) is 18.7 Å². The molecule has 5 nitrogen and oxygen atoms in total. The van der Waals surface area contributed by atoms with Crippen LogP contribution in [0.5, 0.6) is 0 Å². The van der Waals surface area contributed by atoms with Gasteiger partial charge in [0.2, 0.25) is 0 Å². The van der Waals surface area contributed by atoms with E-state index >= 15 is 0 Å². The normalized spacial score (nSPS) is 20.0. The zero-order valence-electron chi connectivity index (χ0n) is 13.2. The summed E-state index contributed by atoms with van der Waals surface area (Å²) in [6, 6.07) is 5.39. The summed E-state index contributed by atoms with van der Waals surface area (Å²) in [6.45, 7) is 3.54. The molecule has 1 aromatic carbocycles. The van der Waals surface area contributed by atoms with Crippen LogP contribution in [0.25, 0.3) is 11.0 Å². The predicted molar refractivity (Wildman–Crippen MR) is 89.2 cm³/mol. The second kappa shape index (κ2) is 5.89. The van der Waals surface area contributed by atoms with Crippen LogP contribution in [0.15, 0.2) is 24.4 Å². The van der Waals surface area contributed by atoms with Crippen molar-refractivity contribution >= 4 is 16.9 Å². The standard InChI is InChI=1S/C18H22N4O/c19-18(23)14-2-1-3-15-17(14)21-16(10-20-15)13-6-8-22(9-7-13)11-12-4-5-12/h1-3,10,12-13H,4-9,11H2,(H2,19,23). The van der Waals surface area contributed by atoms with E-state index in [1.165, 1.54) is 19.4 Å². The van der Waals surface area contributed by atoms with Gasteiger partial charge in [0.15, 0.2) is 0 Å². The quantitative estimate of drug-likeness (QED) is 0.940. The van der Waals surface area contributed by atoms with Crippen LogP contribution in [-0.4, -0.2) is 40.4 Å². The minimum atomic E-state index is -0.443. The second-order valence-electron chi connectivity index (χ2n) is 6.85. The molecule has 0 radical (unpaired) electrons. The van der Waals surface area contributed by atoms with Gasteiger partial charge in [0.05, 0.1) is 16.8 Å². The van der Waals surface area contributed by atoms with Crippen LogP contribution >= 0.6 is 0 Å². The number of aromatic nitrogens is 2. The van der Waals surface area contributed by atoms with E-state index in [1.54, 1.807) is 12.1 Å². The number of hydrogen-bond donors (Lipinski definition) is 1. The van der Waals surface area contributed by atoms with Gasteiger partial charge in [-0.05, 0) is 56.8 Å². The number of hydrogen-bond acceptors (Lipinski definition) is 4. The molecule has 0 bridgehead atoms. The van der Waals surface area contributed by atoms with E-state index in [1.807, 2.05) is 12.3 Å². The van der Waals surface area contributed by atoms with Crippen molar-refractivity contribution in [1.82, 2.24) is 14.9 Å². The summed E-state index contributed by atoms with van der Waals surface area (Å²) in [7, 11) is 0. The fourth-order valence-corrected chi connectivity index (χ4v) is 3.52. The molecule has 1 amide bonds. The number of rotatable bonds is 4. The lowest BCUT2D eigenvalue weighted by Crippen LogP contribution is -2.34. The van der Waals surface area contributed by atoms with Crippen molar-refractivity contribution in [2.45, 2.75) is 31.6 Å². The molecule has 1 saturated heterocycles. The first-order valence-corrected chi connectivity index (χ1v) is 8.48. The molecule has 1 aromatic heterocycles. The van der Waals surface area contributed by atoms with Gasteiger partial charge in [0.25, 0.3) is 5.91 Å². The fraction of sp³-hybridized carbons (Fsp3) is 0.500. The Morgan fingerprint density at radius 2 is 2.00 bits per heavy atom. The highest BCUT2D eigenvalue weighted by Gasteiger charge is 2.28. The third-order valence-corrected chi connectivity index (χ3v) is 5.08. The lowest BCUT2D eigenvalue weighted by molar-refractivity contribution is 0.100. The second-order valence-corrected chi connectivity index (χ2v) is 6.85. The van der Waals surface area contributed by atoms with Crippen LogP contribution in [-0.2, 0) is 0 Å². The Hall–Kier alpha value is -2.01. The van der Waals surface area contributed by atoms with E-state index in [9.17, 15) is 4.79 Å². The van der Waals surface area contributed by atoms with Crippen LogP contribution in [0, 0.1) is 5.92 Å². The number of carbonyl (C=O) groups excluding carboxylic acids is 1. The lowest BCUT2D eigenvalue weighted by atomic mass is 9.93. The average Bonchev–Trinajstić information content (AvgIpc) is 3.38. The first-order valence-electron chi connectivity index (χ1n) is 8.48. The Kier molecular flexibility index (Phi) is 3.73. The molecule has 120 valence electrons. The number of fused-ring (bicyclic) bond motifs is 1. The molecule has 0 atom stereocenters. The first-order chi connectivity index (χ1) is 11.2. The Balaban J connectivity index is 1.54. The molecular formula is C18H22N4O. The summed E-state index contributed by atoms with van der Waals surface area (Å²) in [5, 5.41) is 0. The van der Waals surface area contributed by atoms with E-state index in [2.05, 4.69) is 9.88 Å². The molecule has 2 N–H and O–H groups in total. The lowest BCUT2D eigenvalue weighted by Gasteiger charge is -2.31. The number of amides is 1. The molecule has 1 aliphatic heterocycles. The number of likely N-dealkylation sites (tertiary alicyclic amines) is 1. The van der Waals surface area contributed by atoms with Crippen molar-refractivity contribution in [3.63, 3.8) is 0 Å². The van der Waals surface area contributed by atoms with E-state index in [0.717, 1.165) is 43.1 Å². The van der Waals surface area contributed by atoms with Gasteiger partial charge in [-0.15, -0.1) is 0 Å². The highest BCUT2D eigenvalue weighted by molar-refractivity contribution is 6.03. The number of nitrogens with zero attached hydrogens (tertiary/aromatic N) is 3. The molecule has 23 heavy (non-hydrogen) atoms. The zero-order chi connectivity index (χ0) is 15.8. The summed E-state index contributed by atoms with van der Waals surface area (Å²) < 4.78 is 0. The third kappa shape index (κ3) is 3.06. The summed E-state index contributed by atoms with van der Waals surface area (Å²) in [6.07, 6.45) is 6.92. The zero-order valence-corrected chi connectivity index (χ0v) is 13.2. The highest BCUT2D eigenvalue weighted by Crippen LogP contribution is 2.33. The van der Waals surface area contributed by atoms with Gasteiger partial charge in [-0.3, -0.25) is 9.78 Å². The SMILES string of the molecule is NC(=O)c1cccc2ncc(C3CCN(CC4CC4)CC3)nc12. The summed E-state index contributed by atoms with van der Waals surface area (Å²) in [5.74, 6) is 0.940. The van der Waals surface area contributed by atoms with Crippen LogP contribution < -0.4 is 5.73 Å². The van der Waals surface area contributed by atoms with Gasteiger partial charge in [0.1, 0.15) is 5.52 Å². The first kappa shape index (κ1) is 14.6. The van der Waals surface area contributed by atoms with E-state index in [-0.39, 0.29) is 0 Å². The topological polar surface area (TPSA) is 72.1 Å². The molecule has 2 aromatic rings. The minimum Gasteiger partial charge on any atom is -0.366 e. The molecule has 4 rings (SSSR count). The smallest absolute Gasteiger partial charge is 0.250 e. The average molecular weight is 310 g/mol. The number of primary amides is 1. The number of nitrogens with two attached hydrogens (primary N) is 1. The van der Waals surface area contributed by atoms with E-state index < -0.39 is 5.91 Å². The molecule has 2 aliphatic rings. The number of benzene rings is 1. The van der Waals surface area contributed by atoms with Gasteiger partial charge >= 0.3 is 0 Å². The summed E-state index contributed by atoms with van der Waals surface area (Å²) in [4.78, 5) is 23.4. The summed E-state index contributed by atoms with van der Waals surface area (Å²) in [5.41, 5.74) is 8.29. The number of para-hydroxylation sites is 1. The maximum Gasteiger partial charge on any atom is 0.250 e. The monoisotopic (exact) mass is 310 g/mol. The minimum absolute atomic E-state index is 0.434. The molecule has 0 unspecified atom stereocenters. The van der Waals surface area contributed by atoms with Gasteiger partial charge < -0.3 is 10.6 Å². The molecule has 2 fully saturated rings. The number of carbonyl (C=O) groups is 1. The van der Waals surface area contributed by atoms with Crippen molar-refractivity contribution in [1.29, 1.82) is 0 Å². The molecule has 5 heteroatoms. The largest absolute Gasteiger partial charge is 0.366 e. The Morgan fingerprint density at radius 3 is 2.70 bits per heavy atom. The molecular weight excluding hydrogens is 288 g/mol. The molecule has 2 heterocycles. The van der Waals surface area contributed by atoms with E-state index in [0.29, 0.717) is 17.0 Å². The molecule has 0 spiro atoms. The van der Waals surface area contributed by atoms with E-state index in [4.69, 9.17) is 10.7 Å². The Bertz CT molecular complexity index is 733. The van der Waals surface area contributed by atoms with Crippen LogP contribution in [0.4, 0.5) is 0 Å². The van der Waals surface area contributed by atoms with Gasteiger partial charge in [-0.1, -0.05) is 6.07 Å². The van der Waals surface area contributed by atoms with Crippen molar-refractivity contribution in [2.75, 3.05) is 19.6 Å². The Labute approximate surface area is 135 Å². The Morgan fingerprint density at radius 1 is 1.22 bits per heavy atom. The predicted octanol–water partition coefficient (Wildman–Crippen LogP) is 2.32. The van der Waals surface area contributed by atoms with Crippen molar-refractivity contribution < 1.29 is 4.79 Å². The van der Waals surface area contributed by atoms with Crippen LogP contribution in [0.1, 0.15) is 47.7 Å². The fourth-order valence-electron chi connectivity index (χ4n) is 3.52. The maximum atomic E-state index is 11.6. The number of piperidine rings is 1. The molecule has 1 saturated carbocycles. The van der Waals surface area contributed by atoms with Crippen molar-refractivity contribution in [2.24, 2.45) is 11.7 Å². The summed E-state index contributed by atoms with van der Waals surface area (Å²) >= 11 is 0. The van der Waals surface area contributed by atoms with Crippen molar-refractivity contribution in [3.05, 3.63) is 35.7 Å². The van der Waals surface area contributed by atoms with Crippen LogP contribution in [0.2, 0.25) is 0 Å². The highest BCUT2D eigenvalue weighted by atomic mass is 16.1. The van der Waals surface area contributed by atoms with Gasteiger partial charge in [-0.25, -0.2) is 4.98 Å². The van der Waals surface area contributed by atoms with Gasteiger partial charge in [-0.2, -0.15) is 0 Å².